The molecule has 0 aliphatic carbocycles. The number of nitrogens with zero attached hydrogens (tertiary/aromatic N) is 4. The Morgan fingerprint density at radius 1 is 1.50 bits per heavy atom. The standard InChI is InChI=1S/C11H13N5S2/c1-15-7-8(6-13-15)18-10-9(2-3-12)16-4-5-17-11(16)14-10/h4-7H,2-3,12H2,1H3. The molecule has 0 atom stereocenters. The van der Waals surface area contributed by atoms with Crippen molar-refractivity contribution < 1.29 is 0 Å². The number of nitrogens with two attached hydrogens (primary N) is 1. The van der Waals surface area contributed by atoms with Gasteiger partial charge < -0.3 is 5.73 Å². The minimum atomic E-state index is 0.629. The predicted molar refractivity (Wildman–Crippen MR) is 73.2 cm³/mol. The molecule has 0 saturated heterocycles. The van der Waals surface area contributed by atoms with Crippen LogP contribution in [-0.2, 0) is 13.5 Å². The second-order valence-electron chi connectivity index (χ2n) is 3.91. The highest BCUT2D eigenvalue weighted by atomic mass is 32.2. The minimum Gasteiger partial charge on any atom is -0.330 e. The normalized spacial score (nSPS) is 11.4. The Kier molecular flexibility index (Phi) is 3.11. The fourth-order valence-electron chi connectivity index (χ4n) is 1.82. The zero-order valence-electron chi connectivity index (χ0n) is 9.91. The van der Waals surface area contributed by atoms with E-state index in [4.69, 9.17) is 5.73 Å². The van der Waals surface area contributed by atoms with Crippen LogP contribution in [0, 0.1) is 0 Å². The highest BCUT2D eigenvalue weighted by Crippen LogP contribution is 2.31. The van der Waals surface area contributed by atoms with E-state index in [1.54, 1.807) is 27.8 Å². The van der Waals surface area contributed by atoms with Crippen molar-refractivity contribution in [1.82, 2.24) is 19.2 Å². The summed E-state index contributed by atoms with van der Waals surface area (Å²) in [7, 11) is 1.91. The van der Waals surface area contributed by atoms with Gasteiger partial charge in [-0.3, -0.25) is 9.08 Å². The SMILES string of the molecule is Cn1cc(Sc2nc3sccn3c2CCN)cn1. The lowest BCUT2D eigenvalue weighted by Gasteiger charge is -2.00. The summed E-state index contributed by atoms with van der Waals surface area (Å²) in [6, 6.07) is 0. The maximum absolute atomic E-state index is 5.68. The number of fused-ring (bicyclic) bond motifs is 1. The van der Waals surface area contributed by atoms with Crippen molar-refractivity contribution in [3.63, 3.8) is 0 Å². The molecule has 7 heteroatoms. The highest BCUT2D eigenvalue weighted by molar-refractivity contribution is 7.99. The van der Waals surface area contributed by atoms with Gasteiger partial charge in [0.15, 0.2) is 4.96 Å². The minimum absolute atomic E-state index is 0.629. The lowest BCUT2D eigenvalue weighted by Crippen LogP contribution is -2.05. The summed E-state index contributed by atoms with van der Waals surface area (Å²) in [5.74, 6) is 0. The molecule has 3 heterocycles. The van der Waals surface area contributed by atoms with E-state index in [1.165, 1.54) is 5.69 Å². The molecule has 2 N–H and O–H groups in total. The molecule has 3 aromatic heterocycles. The number of aryl methyl sites for hydroxylation is 1. The number of aromatic nitrogens is 4. The Hall–Kier alpha value is -1.31. The first kappa shape index (κ1) is 11.8. The number of thiazole rings is 1. The lowest BCUT2D eigenvalue weighted by molar-refractivity contribution is 0.766. The Morgan fingerprint density at radius 2 is 2.39 bits per heavy atom. The molecule has 5 nitrogen and oxygen atoms in total. The molecule has 0 radical (unpaired) electrons. The average molecular weight is 279 g/mol. The molecule has 18 heavy (non-hydrogen) atoms. The maximum atomic E-state index is 5.68. The quantitative estimate of drug-likeness (QED) is 0.791. The summed E-state index contributed by atoms with van der Waals surface area (Å²) in [6.07, 6.45) is 6.72. The smallest absolute Gasteiger partial charge is 0.194 e. The van der Waals surface area contributed by atoms with E-state index in [1.807, 2.05) is 31.0 Å². The van der Waals surface area contributed by atoms with Crippen LogP contribution in [-0.4, -0.2) is 25.7 Å². The van der Waals surface area contributed by atoms with Gasteiger partial charge in [0, 0.05) is 31.2 Å². The van der Waals surface area contributed by atoms with E-state index in [9.17, 15) is 0 Å². The molecule has 0 saturated carbocycles. The molecule has 0 unspecified atom stereocenters. The van der Waals surface area contributed by atoms with Crippen LogP contribution in [0.5, 0.6) is 0 Å². The van der Waals surface area contributed by atoms with Gasteiger partial charge in [0.2, 0.25) is 0 Å². The third-order valence-electron chi connectivity index (χ3n) is 2.60. The van der Waals surface area contributed by atoms with Crippen molar-refractivity contribution in [3.05, 3.63) is 29.7 Å². The molecule has 3 rings (SSSR count). The van der Waals surface area contributed by atoms with Gasteiger partial charge >= 0.3 is 0 Å². The summed E-state index contributed by atoms with van der Waals surface area (Å²) >= 11 is 3.28. The van der Waals surface area contributed by atoms with Crippen molar-refractivity contribution in [2.75, 3.05) is 6.54 Å². The third kappa shape index (κ3) is 2.05. The van der Waals surface area contributed by atoms with E-state index in [0.717, 1.165) is 21.3 Å². The molecule has 0 fully saturated rings. The predicted octanol–water partition coefficient (Wildman–Crippen LogP) is 1.78. The van der Waals surface area contributed by atoms with Crippen molar-refractivity contribution in [1.29, 1.82) is 0 Å². The van der Waals surface area contributed by atoms with Crippen molar-refractivity contribution >= 4 is 28.1 Å². The van der Waals surface area contributed by atoms with E-state index >= 15 is 0 Å². The van der Waals surface area contributed by atoms with Gasteiger partial charge in [-0.1, -0.05) is 11.8 Å². The molecule has 3 aromatic rings. The second kappa shape index (κ2) is 4.75. The van der Waals surface area contributed by atoms with E-state index in [0.29, 0.717) is 6.54 Å². The Labute approximate surface area is 113 Å². The van der Waals surface area contributed by atoms with Crippen molar-refractivity contribution in [2.24, 2.45) is 12.8 Å². The second-order valence-corrected chi connectivity index (χ2v) is 5.84. The summed E-state index contributed by atoms with van der Waals surface area (Å²) in [6.45, 7) is 0.629. The van der Waals surface area contributed by atoms with E-state index in [-0.39, 0.29) is 0 Å². The maximum Gasteiger partial charge on any atom is 0.194 e. The number of hydrogen-bond acceptors (Lipinski definition) is 5. The van der Waals surface area contributed by atoms with Crippen LogP contribution < -0.4 is 5.73 Å². The third-order valence-corrected chi connectivity index (χ3v) is 4.32. The fourth-order valence-corrected chi connectivity index (χ4v) is 3.59. The van der Waals surface area contributed by atoms with Crippen LogP contribution >= 0.6 is 23.1 Å². The van der Waals surface area contributed by atoms with Gasteiger partial charge in [-0.05, 0) is 6.54 Å². The first-order valence-corrected chi connectivity index (χ1v) is 7.28. The Morgan fingerprint density at radius 3 is 3.11 bits per heavy atom. The largest absolute Gasteiger partial charge is 0.330 e. The van der Waals surface area contributed by atoms with Gasteiger partial charge in [-0.2, -0.15) is 5.10 Å². The highest BCUT2D eigenvalue weighted by Gasteiger charge is 2.14. The summed E-state index contributed by atoms with van der Waals surface area (Å²) < 4.78 is 3.92. The van der Waals surface area contributed by atoms with Crippen LogP contribution in [0.15, 0.2) is 33.9 Å². The number of hydrogen-bond donors (Lipinski definition) is 1. The summed E-state index contributed by atoms with van der Waals surface area (Å²) in [4.78, 5) is 6.76. The Balaban J connectivity index is 1.99. The molecule has 0 bridgehead atoms. The molecular formula is C11H13N5S2. The van der Waals surface area contributed by atoms with Crippen LogP contribution in [0.25, 0.3) is 4.96 Å². The summed E-state index contributed by atoms with van der Waals surface area (Å²) in [5.41, 5.74) is 6.87. The molecule has 0 aliphatic rings. The lowest BCUT2D eigenvalue weighted by atomic mass is 10.3. The van der Waals surface area contributed by atoms with Gasteiger partial charge in [-0.25, -0.2) is 4.98 Å². The molecule has 0 amide bonds. The molecule has 0 spiro atoms. The molecule has 94 valence electrons. The Bertz CT molecular complexity index is 666. The van der Waals surface area contributed by atoms with Crippen molar-refractivity contribution in [2.45, 2.75) is 16.3 Å². The van der Waals surface area contributed by atoms with Gasteiger partial charge in [0.05, 0.1) is 16.8 Å². The molecule has 0 aliphatic heterocycles. The first-order chi connectivity index (χ1) is 8.78. The zero-order valence-corrected chi connectivity index (χ0v) is 11.5. The monoisotopic (exact) mass is 279 g/mol. The summed E-state index contributed by atoms with van der Waals surface area (Å²) in [5, 5.41) is 7.24. The zero-order chi connectivity index (χ0) is 12.5. The first-order valence-electron chi connectivity index (χ1n) is 5.59. The van der Waals surface area contributed by atoms with Crippen LogP contribution in [0.1, 0.15) is 5.69 Å². The van der Waals surface area contributed by atoms with Crippen molar-refractivity contribution in [3.8, 4) is 0 Å². The van der Waals surface area contributed by atoms with Gasteiger partial charge in [-0.15, -0.1) is 11.3 Å². The van der Waals surface area contributed by atoms with Crippen LogP contribution in [0.3, 0.4) is 0 Å². The van der Waals surface area contributed by atoms with Crippen LogP contribution in [0.4, 0.5) is 0 Å². The van der Waals surface area contributed by atoms with Crippen LogP contribution in [0.2, 0.25) is 0 Å². The van der Waals surface area contributed by atoms with E-state index in [2.05, 4.69) is 14.5 Å². The average Bonchev–Trinajstić information content (AvgIpc) is 3.00. The van der Waals surface area contributed by atoms with Gasteiger partial charge in [0.1, 0.15) is 5.03 Å². The van der Waals surface area contributed by atoms with E-state index < -0.39 is 0 Å². The molecular weight excluding hydrogens is 266 g/mol. The fraction of sp³-hybridized carbons (Fsp3) is 0.273. The molecule has 0 aromatic carbocycles. The van der Waals surface area contributed by atoms with Gasteiger partial charge in [0.25, 0.3) is 0 Å². The number of imidazole rings is 1. The topological polar surface area (TPSA) is 61.1 Å². The number of rotatable bonds is 4.